The van der Waals surface area contributed by atoms with Crippen LogP contribution >= 0.6 is 0 Å². The van der Waals surface area contributed by atoms with Crippen molar-refractivity contribution in [2.75, 3.05) is 0 Å². The third-order valence-corrected chi connectivity index (χ3v) is 2.32. The highest BCUT2D eigenvalue weighted by molar-refractivity contribution is 5.46. The first-order valence-electron chi connectivity index (χ1n) is 7.22. The Hall–Kier alpha value is -2.34. The fraction of sp³-hybridized carbons (Fsp3) is 0.0909. The lowest BCUT2D eigenvalue weighted by Gasteiger charge is -1.85. The molecule has 0 aliphatic rings. The Morgan fingerprint density at radius 2 is 0.864 bits per heavy atom. The van der Waals surface area contributed by atoms with Crippen LogP contribution < -0.4 is 0 Å². The van der Waals surface area contributed by atoms with Gasteiger partial charge in [0.15, 0.2) is 0 Å². The van der Waals surface area contributed by atoms with Gasteiger partial charge in [-0.3, -0.25) is 0 Å². The third-order valence-electron chi connectivity index (χ3n) is 2.32. The Kier molecular flexibility index (Phi) is 18.6. The van der Waals surface area contributed by atoms with E-state index >= 15 is 0 Å². The fourth-order valence-corrected chi connectivity index (χ4v) is 1.18. The van der Waals surface area contributed by atoms with Crippen molar-refractivity contribution in [3.05, 3.63) is 112 Å². The van der Waals surface area contributed by atoms with E-state index in [1.54, 1.807) is 0 Å². The smallest absolute Gasteiger partial charge is 0.0263 e. The minimum atomic E-state index is 0.958. The first kappa shape index (κ1) is 21.9. The molecule has 0 aliphatic heterocycles. The summed E-state index contributed by atoms with van der Waals surface area (Å²) in [4.78, 5) is 0. The zero-order valence-electron chi connectivity index (χ0n) is 13.6. The van der Waals surface area contributed by atoms with Crippen LogP contribution in [0.5, 0.6) is 0 Å². The number of unbranched alkanes of at least 4 members (excludes halogenated alkanes) is 1. The van der Waals surface area contributed by atoms with Gasteiger partial charge in [0.2, 0.25) is 0 Å². The molecule has 0 fully saturated rings. The van der Waals surface area contributed by atoms with Crippen LogP contribution in [-0.2, 0) is 0 Å². The molecule has 2 aromatic carbocycles. The lowest BCUT2D eigenvalue weighted by molar-refractivity contribution is 1.05. The van der Waals surface area contributed by atoms with Gasteiger partial charge in [0.05, 0.1) is 0 Å². The zero-order valence-corrected chi connectivity index (χ0v) is 13.6. The molecule has 0 saturated carbocycles. The Balaban J connectivity index is 0. The van der Waals surface area contributed by atoms with Crippen molar-refractivity contribution in [3.8, 4) is 0 Å². The standard InChI is InChI=1S/2C8H8.C4H8.C2H4/c2*1-2-8-6-4-3-5-7-8;1-3-4-2;1-2/h2*2-7H,1H2;1-4H2;1-2H2. The molecule has 0 bridgehead atoms. The molecule has 2 aromatic rings. The lowest BCUT2D eigenvalue weighted by atomic mass is 10.2. The molecule has 0 aliphatic carbocycles. The first-order chi connectivity index (χ1) is 10.8. The van der Waals surface area contributed by atoms with Crippen LogP contribution in [0.2, 0.25) is 0 Å². The van der Waals surface area contributed by atoms with Crippen molar-refractivity contribution in [2.24, 2.45) is 0 Å². The first-order valence-corrected chi connectivity index (χ1v) is 7.22. The van der Waals surface area contributed by atoms with Crippen LogP contribution in [0.1, 0.15) is 24.0 Å². The quantitative estimate of drug-likeness (QED) is 0.540. The average Bonchev–Trinajstić information content (AvgIpc) is 2.65. The highest BCUT2D eigenvalue weighted by Crippen LogP contribution is 1.98. The van der Waals surface area contributed by atoms with Gasteiger partial charge in [-0.25, -0.2) is 0 Å². The molecular formula is C22H28. The van der Waals surface area contributed by atoms with Crippen LogP contribution in [0, 0.1) is 13.8 Å². The molecule has 2 rings (SSSR count). The maximum Gasteiger partial charge on any atom is -0.0263 e. The molecule has 0 amide bonds. The number of rotatable bonds is 3. The van der Waals surface area contributed by atoms with Gasteiger partial charge < -0.3 is 0 Å². The molecule has 0 heterocycles. The second-order valence-corrected chi connectivity index (χ2v) is 3.94. The summed E-state index contributed by atoms with van der Waals surface area (Å²) in [5.74, 6) is 0. The molecule has 0 nitrogen and oxygen atoms in total. The maximum absolute atomic E-state index is 3.63. The van der Waals surface area contributed by atoms with Gasteiger partial charge in [-0.2, -0.15) is 0 Å². The highest BCUT2D eigenvalue weighted by Gasteiger charge is 1.76. The van der Waals surface area contributed by atoms with Gasteiger partial charge in [0.1, 0.15) is 0 Å². The van der Waals surface area contributed by atoms with Crippen LogP contribution in [0.4, 0.5) is 0 Å². The van der Waals surface area contributed by atoms with Crippen molar-refractivity contribution >= 4 is 12.2 Å². The molecule has 0 atom stereocenters. The van der Waals surface area contributed by atoms with Crippen molar-refractivity contribution in [1.29, 1.82) is 0 Å². The van der Waals surface area contributed by atoms with Crippen molar-refractivity contribution in [2.45, 2.75) is 12.8 Å². The summed E-state index contributed by atoms with van der Waals surface area (Å²) in [6, 6.07) is 20.1. The monoisotopic (exact) mass is 292 g/mol. The number of hydrogen-bond donors (Lipinski definition) is 0. The van der Waals surface area contributed by atoms with Gasteiger partial charge >= 0.3 is 0 Å². The van der Waals surface area contributed by atoms with E-state index in [4.69, 9.17) is 0 Å². The molecular weight excluding hydrogens is 264 g/mol. The molecule has 0 unspecified atom stereocenters. The zero-order chi connectivity index (χ0) is 17.1. The van der Waals surface area contributed by atoms with Gasteiger partial charge in [-0.15, -0.1) is 13.2 Å². The van der Waals surface area contributed by atoms with E-state index in [-0.39, 0.29) is 0 Å². The number of hydrogen-bond acceptors (Lipinski definition) is 0. The molecule has 116 valence electrons. The van der Waals surface area contributed by atoms with E-state index < -0.39 is 0 Å². The predicted octanol–water partition coefficient (Wildman–Crippen LogP) is 6.90. The average molecular weight is 292 g/mol. The van der Waals surface area contributed by atoms with E-state index in [1.165, 1.54) is 11.1 Å². The van der Waals surface area contributed by atoms with Crippen LogP contribution in [0.3, 0.4) is 0 Å². The Morgan fingerprint density at radius 1 is 0.591 bits per heavy atom. The summed E-state index contributed by atoms with van der Waals surface area (Å²) in [6.45, 7) is 20.3. The van der Waals surface area contributed by atoms with Gasteiger partial charge in [0, 0.05) is 0 Å². The fourth-order valence-electron chi connectivity index (χ4n) is 1.18. The van der Waals surface area contributed by atoms with Crippen LogP contribution in [-0.4, -0.2) is 0 Å². The Bertz CT molecular complexity index is 408. The molecule has 2 radical (unpaired) electrons. The summed E-state index contributed by atoms with van der Waals surface area (Å²) < 4.78 is 0. The molecule has 0 N–H and O–H groups in total. The highest BCUT2D eigenvalue weighted by atomic mass is 13.8. The summed E-state index contributed by atoms with van der Waals surface area (Å²) in [5, 5.41) is 0. The minimum Gasteiger partial charge on any atom is -0.106 e. The van der Waals surface area contributed by atoms with E-state index in [9.17, 15) is 0 Å². The molecule has 22 heavy (non-hydrogen) atoms. The van der Waals surface area contributed by atoms with Crippen LogP contribution in [0.15, 0.2) is 87.0 Å². The van der Waals surface area contributed by atoms with Crippen molar-refractivity contribution < 1.29 is 0 Å². The van der Waals surface area contributed by atoms with Gasteiger partial charge in [-0.1, -0.05) is 113 Å². The summed E-state index contributed by atoms with van der Waals surface area (Å²) in [6.07, 6.45) is 5.58. The molecule has 0 saturated heterocycles. The second kappa shape index (κ2) is 18.7. The summed E-state index contributed by atoms with van der Waals surface area (Å²) >= 11 is 0. The topological polar surface area (TPSA) is 0 Å². The lowest BCUT2D eigenvalue weighted by Crippen LogP contribution is -1.63. The molecule has 0 spiro atoms. The third kappa shape index (κ3) is 14.1. The van der Waals surface area contributed by atoms with E-state index in [2.05, 4.69) is 40.2 Å². The minimum absolute atomic E-state index is 0.958. The second-order valence-electron chi connectivity index (χ2n) is 3.94. The summed E-state index contributed by atoms with van der Waals surface area (Å²) in [5.41, 5.74) is 2.35. The summed E-state index contributed by atoms with van der Waals surface area (Å²) in [7, 11) is 0. The van der Waals surface area contributed by atoms with E-state index in [0.717, 1.165) is 12.8 Å². The van der Waals surface area contributed by atoms with Gasteiger partial charge in [-0.05, 0) is 11.1 Å². The molecule has 0 heteroatoms. The van der Waals surface area contributed by atoms with Crippen molar-refractivity contribution in [1.82, 2.24) is 0 Å². The van der Waals surface area contributed by atoms with Crippen molar-refractivity contribution in [3.63, 3.8) is 0 Å². The van der Waals surface area contributed by atoms with E-state index in [1.807, 2.05) is 72.8 Å². The van der Waals surface area contributed by atoms with Crippen LogP contribution in [0.25, 0.3) is 12.2 Å². The van der Waals surface area contributed by atoms with E-state index in [0.29, 0.717) is 0 Å². The van der Waals surface area contributed by atoms with Gasteiger partial charge in [0.25, 0.3) is 0 Å². The SMILES string of the molecule is C=C.C=Cc1ccccc1.C=Cc1ccccc1.[CH2]CC[CH2]. The Morgan fingerprint density at radius 3 is 1.00 bits per heavy atom. The largest absolute Gasteiger partial charge is 0.106 e. The Labute approximate surface area is 137 Å². The molecule has 0 aromatic heterocycles. The normalized spacial score (nSPS) is 7.73. The maximum atomic E-state index is 3.63. The number of benzene rings is 2. The predicted molar refractivity (Wildman–Crippen MR) is 104 cm³/mol.